The number of piperidine rings is 1. The number of amides is 6. The van der Waals surface area contributed by atoms with Crippen molar-refractivity contribution in [3.8, 4) is 17.2 Å². The molecule has 1 unspecified atom stereocenters. The summed E-state index contributed by atoms with van der Waals surface area (Å²) < 4.78 is 53.5. The Morgan fingerprint density at radius 2 is 1.68 bits per heavy atom. The summed E-state index contributed by atoms with van der Waals surface area (Å²) in [6.45, 7) is 4.92. The molecular weight excluding hydrogens is 895 g/mol. The summed E-state index contributed by atoms with van der Waals surface area (Å²) in [7, 11) is -2.23. The fourth-order valence-electron chi connectivity index (χ4n) is 7.92. The van der Waals surface area contributed by atoms with Gasteiger partial charge in [0.15, 0.2) is 11.5 Å². The highest BCUT2D eigenvalue weighted by molar-refractivity contribution is 7.90. The van der Waals surface area contributed by atoms with E-state index in [1.165, 1.54) is 41.5 Å². The van der Waals surface area contributed by atoms with Crippen molar-refractivity contribution in [3.63, 3.8) is 0 Å². The molecule has 1 fully saturated rings. The smallest absolute Gasteiger partial charge is 0.264 e. The zero-order valence-corrected chi connectivity index (χ0v) is 38.3. The van der Waals surface area contributed by atoms with E-state index in [0.29, 0.717) is 74.3 Å². The predicted octanol–water partition coefficient (Wildman–Crippen LogP) is 4.03. The normalized spacial score (nSPS) is 16.3. The van der Waals surface area contributed by atoms with Crippen LogP contribution in [-0.4, -0.2) is 118 Å². The van der Waals surface area contributed by atoms with Crippen LogP contribution in [0.3, 0.4) is 0 Å². The van der Waals surface area contributed by atoms with Crippen molar-refractivity contribution in [2.24, 2.45) is 0 Å². The zero-order chi connectivity index (χ0) is 47.0. The number of carbonyl (C=O) groups is 6. The Bertz CT molecular complexity index is 2600. The Morgan fingerprint density at radius 3 is 2.41 bits per heavy atom. The molecule has 2 atom stereocenters. The third-order valence-corrected chi connectivity index (χ3v) is 13.1. The number of nitrogens with one attached hydrogen (secondary N) is 3. The fraction of sp³-hybridized carbons (Fsp3) is 0.391. The van der Waals surface area contributed by atoms with Gasteiger partial charge in [0.2, 0.25) is 17.7 Å². The molecule has 20 heteroatoms. The number of benzene rings is 3. The number of sulfone groups is 1. The van der Waals surface area contributed by atoms with Gasteiger partial charge >= 0.3 is 0 Å². The Balaban J connectivity index is 0.790. The number of nitrogens with zero attached hydrogens (tertiary/aromatic N) is 2. The van der Waals surface area contributed by atoms with Crippen molar-refractivity contribution in [2.45, 2.75) is 58.0 Å². The molecule has 7 rings (SSSR count). The van der Waals surface area contributed by atoms with Crippen molar-refractivity contribution in [1.29, 1.82) is 0 Å². The molecule has 66 heavy (non-hydrogen) atoms. The van der Waals surface area contributed by atoms with Gasteiger partial charge in [-0.2, -0.15) is 0 Å². The van der Waals surface area contributed by atoms with Gasteiger partial charge in [0, 0.05) is 48.1 Å². The first kappa shape index (κ1) is 47.8. The van der Waals surface area contributed by atoms with Crippen LogP contribution in [0.15, 0.2) is 66.0 Å². The van der Waals surface area contributed by atoms with E-state index < -0.39 is 51.3 Å². The first-order valence-electron chi connectivity index (χ1n) is 21.4. The van der Waals surface area contributed by atoms with Crippen LogP contribution in [-0.2, 0) is 53.4 Å². The lowest BCUT2D eigenvalue weighted by atomic mass is 10.0. The Kier molecular flexibility index (Phi) is 15.5. The molecule has 0 radical (unpaired) electrons. The van der Waals surface area contributed by atoms with Crippen LogP contribution in [0.1, 0.15) is 84.9 Å². The van der Waals surface area contributed by atoms with E-state index in [4.69, 9.17) is 23.7 Å². The van der Waals surface area contributed by atoms with Crippen molar-refractivity contribution < 1.29 is 60.9 Å². The number of ether oxygens (including phenoxy) is 5. The van der Waals surface area contributed by atoms with E-state index in [9.17, 15) is 37.2 Å². The number of anilines is 1. The molecule has 3 aliphatic rings. The van der Waals surface area contributed by atoms with Gasteiger partial charge in [0.05, 0.1) is 80.7 Å². The Morgan fingerprint density at radius 1 is 0.909 bits per heavy atom. The Hall–Kier alpha value is -6.19. The molecule has 0 saturated carbocycles. The van der Waals surface area contributed by atoms with Crippen molar-refractivity contribution in [1.82, 2.24) is 20.4 Å². The van der Waals surface area contributed by atoms with Gasteiger partial charge in [-0.3, -0.25) is 39.0 Å². The number of hydrogen-bond acceptors (Lipinski definition) is 15. The highest BCUT2D eigenvalue weighted by atomic mass is 32.2. The number of rotatable bonds is 23. The van der Waals surface area contributed by atoms with Crippen LogP contribution in [0.5, 0.6) is 17.2 Å². The van der Waals surface area contributed by atoms with E-state index in [1.807, 2.05) is 24.3 Å². The summed E-state index contributed by atoms with van der Waals surface area (Å²) in [4.78, 5) is 80.9. The molecule has 1 saturated heterocycles. The number of imide groups is 2. The standard InChI is InChI=1S/C46H51N5O13S2/c1-4-63-38-22-29(10-14-37(38)60-2)36(27-66(3,58)59)51-45(56)31-6-5-7-34(42(31)46(51)57)48-41(53)16-18-61-20-21-62-19-17-47-23-28-8-11-30(12-9-28)64-25-39-32-24-50(44(55)33(32)26-65-39)35-13-15-40(52)49-43(35)54/h5-12,14,22,26,35-36,47H,4,13,15-21,23-25,27H2,1-3H3,(H,48,53)(H,49,52,54)/t35?,36-/m1/s1. The summed E-state index contributed by atoms with van der Waals surface area (Å²) >= 11 is 1.45. The van der Waals surface area contributed by atoms with Crippen molar-refractivity contribution in [2.75, 3.05) is 64.0 Å². The summed E-state index contributed by atoms with van der Waals surface area (Å²) in [6.07, 6.45) is 1.51. The first-order valence-corrected chi connectivity index (χ1v) is 24.3. The van der Waals surface area contributed by atoms with E-state index in [1.54, 1.807) is 30.5 Å². The summed E-state index contributed by atoms with van der Waals surface area (Å²) in [5.41, 5.74) is 2.98. The molecular formula is C46H51N5O13S2. The molecule has 6 amide bonds. The van der Waals surface area contributed by atoms with Crippen LogP contribution in [0.4, 0.5) is 5.69 Å². The maximum Gasteiger partial charge on any atom is 0.264 e. The average molecular weight is 946 g/mol. The molecule has 0 aliphatic carbocycles. The van der Waals surface area contributed by atoms with Gasteiger partial charge in [-0.25, -0.2) is 8.42 Å². The number of carbonyl (C=O) groups excluding carboxylic acids is 6. The van der Waals surface area contributed by atoms with Crippen LogP contribution in [0.25, 0.3) is 0 Å². The van der Waals surface area contributed by atoms with Gasteiger partial charge in [-0.05, 0) is 60.9 Å². The van der Waals surface area contributed by atoms with Gasteiger partial charge in [-0.15, -0.1) is 11.3 Å². The lowest BCUT2D eigenvalue weighted by Gasteiger charge is -2.29. The van der Waals surface area contributed by atoms with E-state index in [2.05, 4.69) is 16.0 Å². The highest BCUT2D eigenvalue weighted by Crippen LogP contribution is 2.39. The minimum absolute atomic E-state index is 0.0290. The predicted molar refractivity (Wildman–Crippen MR) is 241 cm³/mol. The number of methoxy groups -OCH3 is 1. The molecule has 3 aromatic carbocycles. The van der Waals surface area contributed by atoms with Crippen LogP contribution < -0.4 is 30.2 Å². The largest absolute Gasteiger partial charge is 0.493 e. The lowest BCUT2D eigenvalue weighted by Crippen LogP contribution is -2.52. The zero-order valence-electron chi connectivity index (χ0n) is 36.7. The van der Waals surface area contributed by atoms with Crippen LogP contribution >= 0.6 is 11.3 Å². The molecule has 18 nitrogen and oxygen atoms in total. The monoisotopic (exact) mass is 945 g/mol. The fourth-order valence-corrected chi connectivity index (χ4v) is 9.78. The van der Waals surface area contributed by atoms with Gasteiger partial charge < -0.3 is 39.2 Å². The quantitative estimate of drug-likeness (QED) is 0.0706. The van der Waals surface area contributed by atoms with Gasteiger partial charge in [0.1, 0.15) is 28.2 Å². The molecule has 0 spiro atoms. The Labute approximate surface area is 385 Å². The number of hydrogen-bond donors (Lipinski definition) is 3. The number of fused-ring (bicyclic) bond motifs is 2. The minimum Gasteiger partial charge on any atom is -0.493 e. The van der Waals surface area contributed by atoms with E-state index in [-0.39, 0.29) is 61.3 Å². The first-order chi connectivity index (χ1) is 31.8. The van der Waals surface area contributed by atoms with Crippen molar-refractivity contribution in [3.05, 3.63) is 104 Å². The molecule has 3 aliphatic heterocycles. The second-order valence-electron chi connectivity index (χ2n) is 15.7. The third kappa shape index (κ3) is 11.2. The molecule has 350 valence electrons. The van der Waals surface area contributed by atoms with E-state index in [0.717, 1.165) is 27.2 Å². The highest BCUT2D eigenvalue weighted by Gasteiger charge is 2.44. The summed E-state index contributed by atoms with van der Waals surface area (Å²) in [5.74, 6) is -1.96. The van der Waals surface area contributed by atoms with Crippen LogP contribution in [0, 0.1) is 0 Å². The van der Waals surface area contributed by atoms with E-state index >= 15 is 0 Å². The summed E-state index contributed by atoms with van der Waals surface area (Å²) in [6, 6.07) is 15.1. The second-order valence-corrected chi connectivity index (χ2v) is 18.9. The van der Waals surface area contributed by atoms with Gasteiger partial charge in [-0.1, -0.05) is 24.3 Å². The topological polar surface area (TPSA) is 225 Å². The van der Waals surface area contributed by atoms with Gasteiger partial charge in [0.25, 0.3) is 17.7 Å². The third-order valence-electron chi connectivity index (χ3n) is 11.1. The second kappa shape index (κ2) is 21.4. The molecule has 4 heterocycles. The molecule has 1 aromatic heterocycles. The molecule has 0 bridgehead atoms. The summed E-state index contributed by atoms with van der Waals surface area (Å²) in [5, 5.41) is 10.2. The number of thiophene rings is 1. The van der Waals surface area contributed by atoms with Crippen LogP contribution in [0.2, 0.25) is 0 Å². The maximum atomic E-state index is 13.9. The molecule has 4 aromatic rings. The average Bonchev–Trinajstić information content (AvgIpc) is 3.92. The lowest BCUT2D eigenvalue weighted by molar-refractivity contribution is -0.137. The van der Waals surface area contributed by atoms with Crippen molar-refractivity contribution >= 4 is 62.3 Å². The molecule has 3 N–H and O–H groups in total. The SMILES string of the molecule is CCOc1cc([C@@H](CS(C)(=O)=O)N2C(=O)c3cccc(NC(=O)CCOCCOCCNCc4ccc(OCc5scc6c5CN(C5CCC(=O)NC5=O)C6=O)cc4)c3C2=O)ccc1OC. The maximum absolute atomic E-state index is 13.9. The minimum atomic E-state index is -3.70.